The summed E-state index contributed by atoms with van der Waals surface area (Å²) < 4.78 is 11.1. The fourth-order valence-electron chi connectivity index (χ4n) is 3.28. The van der Waals surface area contributed by atoms with E-state index in [1.54, 1.807) is 29.2 Å². The molecule has 0 radical (unpaired) electrons. The van der Waals surface area contributed by atoms with E-state index in [0.29, 0.717) is 43.3 Å². The van der Waals surface area contributed by atoms with E-state index < -0.39 is 0 Å². The fourth-order valence-corrected chi connectivity index (χ4v) is 3.41. The second-order valence-corrected chi connectivity index (χ2v) is 7.67. The summed E-state index contributed by atoms with van der Waals surface area (Å²) in [5.41, 5.74) is 0. The van der Waals surface area contributed by atoms with Gasteiger partial charge in [0.15, 0.2) is 6.61 Å². The topological polar surface area (TPSA) is 67.9 Å². The van der Waals surface area contributed by atoms with Gasteiger partial charge in [0.25, 0.3) is 5.91 Å². The molecule has 3 rings (SSSR count). The molecule has 1 fully saturated rings. The number of para-hydroxylation sites is 1. The van der Waals surface area contributed by atoms with Crippen molar-refractivity contribution in [3.63, 3.8) is 0 Å². The van der Waals surface area contributed by atoms with Crippen LogP contribution in [0.2, 0.25) is 5.02 Å². The number of amides is 2. The Morgan fingerprint density at radius 2 is 1.63 bits per heavy atom. The minimum atomic E-state index is -0.0483. The molecule has 30 heavy (non-hydrogen) atoms. The lowest BCUT2D eigenvalue weighted by Gasteiger charge is -2.32. The van der Waals surface area contributed by atoms with Gasteiger partial charge in [-0.3, -0.25) is 9.59 Å². The number of piperidine rings is 1. The Morgan fingerprint density at radius 3 is 2.33 bits per heavy atom. The number of halogens is 1. The summed E-state index contributed by atoms with van der Waals surface area (Å²) in [5, 5.41) is 3.69. The van der Waals surface area contributed by atoms with Gasteiger partial charge in [-0.05, 0) is 55.7 Å². The second-order valence-electron chi connectivity index (χ2n) is 7.23. The molecule has 0 spiro atoms. The van der Waals surface area contributed by atoms with Crippen molar-refractivity contribution < 1.29 is 19.1 Å². The average molecular weight is 431 g/mol. The number of likely N-dealkylation sites (tertiary alicyclic amines) is 1. The first-order valence-corrected chi connectivity index (χ1v) is 10.6. The van der Waals surface area contributed by atoms with Crippen LogP contribution in [0.25, 0.3) is 0 Å². The fraction of sp³-hybridized carbons (Fsp3) is 0.391. The Hall–Kier alpha value is -2.73. The van der Waals surface area contributed by atoms with E-state index in [-0.39, 0.29) is 24.5 Å². The predicted molar refractivity (Wildman–Crippen MR) is 116 cm³/mol. The van der Waals surface area contributed by atoms with Crippen molar-refractivity contribution >= 4 is 23.4 Å². The molecule has 0 saturated carbocycles. The molecular formula is C23H27ClN2O4. The quantitative estimate of drug-likeness (QED) is 0.616. The highest BCUT2D eigenvalue weighted by atomic mass is 35.5. The molecule has 2 aromatic rings. The summed E-state index contributed by atoms with van der Waals surface area (Å²) in [5.74, 6) is 1.41. The number of hydrogen-bond donors (Lipinski definition) is 1. The first-order chi connectivity index (χ1) is 14.6. The Bertz CT molecular complexity index is 806. The maximum Gasteiger partial charge on any atom is 0.260 e. The molecule has 2 amide bonds. The van der Waals surface area contributed by atoms with Crippen molar-refractivity contribution in [3.05, 3.63) is 59.6 Å². The molecule has 160 valence electrons. The summed E-state index contributed by atoms with van der Waals surface area (Å²) >= 11 is 5.84. The van der Waals surface area contributed by atoms with E-state index >= 15 is 0 Å². The summed E-state index contributed by atoms with van der Waals surface area (Å²) in [6.07, 6.45) is 2.60. The van der Waals surface area contributed by atoms with Crippen molar-refractivity contribution in [1.29, 1.82) is 0 Å². The van der Waals surface area contributed by atoms with E-state index in [1.165, 1.54) is 0 Å². The molecule has 6 nitrogen and oxygen atoms in total. The molecule has 1 heterocycles. The van der Waals surface area contributed by atoms with Crippen molar-refractivity contribution in [1.82, 2.24) is 10.2 Å². The van der Waals surface area contributed by atoms with Crippen LogP contribution in [-0.2, 0) is 9.59 Å². The summed E-state index contributed by atoms with van der Waals surface area (Å²) in [6, 6.07) is 16.6. The smallest absolute Gasteiger partial charge is 0.260 e. The third-order valence-corrected chi connectivity index (χ3v) is 5.20. The number of ether oxygens (including phenoxy) is 2. The SMILES string of the molecule is O=C(CCCOc1ccccc1)NC1CCN(C(=O)COc2ccc(Cl)cc2)CC1. The highest BCUT2D eigenvalue weighted by molar-refractivity contribution is 6.30. The molecule has 7 heteroatoms. The third-order valence-electron chi connectivity index (χ3n) is 4.95. The van der Waals surface area contributed by atoms with Gasteiger partial charge < -0.3 is 19.7 Å². The highest BCUT2D eigenvalue weighted by Gasteiger charge is 2.24. The largest absolute Gasteiger partial charge is 0.494 e. The van der Waals surface area contributed by atoms with Crippen LogP contribution in [0.15, 0.2) is 54.6 Å². The van der Waals surface area contributed by atoms with E-state index in [0.717, 1.165) is 18.6 Å². The number of nitrogens with one attached hydrogen (secondary N) is 1. The van der Waals surface area contributed by atoms with Gasteiger partial charge in [0.05, 0.1) is 6.61 Å². The van der Waals surface area contributed by atoms with Gasteiger partial charge in [-0.1, -0.05) is 29.8 Å². The highest BCUT2D eigenvalue weighted by Crippen LogP contribution is 2.16. The first kappa shape index (κ1) is 22.0. The Kier molecular flexibility index (Phi) is 8.39. The first-order valence-electron chi connectivity index (χ1n) is 10.2. The zero-order chi connectivity index (χ0) is 21.2. The molecule has 1 aliphatic rings. The lowest BCUT2D eigenvalue weighted by molar-refractivity contribution is -0.134. The van der Waals surface area contributed by atoms with Crippen LogP contribution in [0.4, 0.5) is 0 Å². The number of benzene rings is 2. The van der Waals surface area contributed by atoms with Crippen molar-refractivity contribution in [3.8, 4) is 11.5 Å². The molecule has 1 saturated heterocycles. The lowest BCUT2D eigenvalue weighted by Crippen LogP contribution is -2.47. The van der Waals surface area contributed by atoms with E-state index in [2.05, 4.69) is 5.32 Å². The Balaban J connectivity index is 1.28. The van der Waals surface area contributed by atoms with Crippen LogP contribution < -0.4 is 14.8 Å². The van der Waals surface area contributed by atoms with Gasteiger partial charge >= 0.3 is 0 Å². The van der Waals surface area contributed by atoms with E-state index in [4.69, 9.17) is 21.1 Å². The van der Waals surface area contributed by atoms with Crippen LogP contribution >= 0.6 is 11.6 Å². The minimum absolute atomic E-state index is 0.0000719. The van der Waals surface area contributed by atoms with Gasteiger partial charge in [-0.2, -0.15) is 0 Å². The summed E-state index contributed by atoms with van der Waals surface area (Å²) in [6.45, 7) is 1.74. The zero-order valence-electron chi connectivity index (χ0n) is 16.9. The second kappa shape index (κ2) is 11.5. The number of hydrogen-bond acceptors (Lipinski definition) is 4. The van der Waals surface area contributed by atoms with Crippen LogP contribution in [0.5, 0.6) is 11.5 Å². The van der Waals surface area contributed by atoms with E-state index in [1.807, 2.05) is 30.3 Å². The van der Waals surface area contributed by atoms with Crippen LogP contribution in [0, 0.1) is 0 Å². The molecule has 0 aliphatic carbocycles. The van der Waals surface area contributed by atoms with Gasteiger partial charge in [0.2, 0.25) is 5.91 Å². The molecular weight excluding hydrogens is 404 g/mol. The van der Waals surface area contributed by atoms with Crippen molar-refractivity contribution in [2.75, 3.05) is 26.3 Å². The summed E-state index contributed by atoms with van der Waals surface area (Å²) in [4.78, 5) is 26.3. The molecule has 2 aromatic carbocycles. The summed E-state index contributed by atoms with van der Waals surface area (Å²) in [7, 11) is 0. The maximum absolute atomic E-state index is 12.3. The molecule has 0 atom stereocenters. The van der Waals surface area contributed by atoms with Crippen molar-refractivity contribution in [2.45, 2.75) is 31.7 Å². The average Bonchev–Trinajstić information content (AvgIpc) is 2.77. The van der Waals surface area contributed by atoms with Gasteiger partial charge in [0.1, 0.15) is 11.5 Å². The zero-order valence-corrected chi connectivity index (χ0v) is 17.6. The Morgan fingerprint density at radius 1 is 0.967 bits per heavy atom. The molecule has 0 aromatic heterocycles. The number of rotatable bonds is 9. The standard InChI is InChI=1S/C23H27ClN2O4/c24-18-8-10-21(11-9-18)30-17-23(28)26-14-12-19(13-15-26)25-22(27)7-4-16-29-20-5-2-1-3-6-20/h1-3,5-6,8-11,19H,4,7,12-17H2,(H,25,27). The molecule has 0 unspecified atom stereocenters. The number of carbonyl (C=O) groups is 2. The lowest BCUT2D eigenvalue weighted by atomic mass is 10.0. The van der Waals surface area contributed by atoms with Crippen LogP contribution in [-0.4, -0.2) is 49.1 Å². The molecule has 0 bridgehead atoms. The van der Waals surface area contributed by atoms with Gasteiger partial charge in [-0.15, -0.1) is 0 Å². The van der Waals surface area contributed by atoms with Crippen LogP contribution in [0.1, 0.15) is 25.7 Å². The van der Waals surface area contributed by atoms with Gasteiger partial charge in [0, 0.05) is 30.6 Å². The molecule has 1 N–H and O–H groups in total. The normalized spacial score (nSPS) is 14.2. The minimum Gasteiger partial charge on any atom is -0.494 e. The van der Waals surface area contributed by atoms with Gasteiger partial charge in [-0.25, -0.2) is 0 Å². The van der Waals surface area contributed by atoms with Crippen molar-refractivity contribution in [2.24, 2.45) is 0 Å². The van der Waals surface area contributed by atoms with E-state index in [9.17, 15) is 9.59 Å². The molecule has 1 aliphatic heterocycles. The predicted octanol–water partition coefficient (Wildman–Crippen LogP) is 3.69. The Labute approximate surface area is 182 Å². The van der Waals surface area contributed by atoms with Crippen LogP contribution in [0.3, 0.4) is 0 Å². The third kappa shape index (κ3) is 7.26. The number of carbonyl (C=O) groups excluding carboxylic acids is 2. The monoisotopic (exact) mass is 430 g/mol. The number of nitrogens with zero attached hydrogens (tertiary/aromatic N) is 1. The maximum atomic E-state index is 12.3.